The molecule has 0 aromatic heterocycles. The average molecular weight is 265 g/mol. The fraction of sp³-hybridized carbons (Fsp3) is 0.167. The highest BCUT2D eigenvalue weighted by Crippen LogP contribution is 2.14. The van der Waals surface area contributed by atoms with Crippen molar-refractivity contribution in [3.63, 3.8) is 0 Å². The van der Waals surface area contributed by atoms with Crippen LogP contribution in [-0.4, -0.2) is 0 Å². The first-order valence-corrected chi connectivity index (χ1v) is 6.66. The summed E-state index contributed by atoms with van der Waals surface area (Å²) >= 11 is 0. The first-order chi connectivity index (χ1) is 9.81. The Morgan fingerprint density at radius 3 is 2.15 bits per heavy atom. The number of ether oxygens (including phenoxy) is 1. The van der Waals surface area contributed by atoms with E-state index in [0.29, 0.717) is 12.2 Å². The molecule has 0 aliphatic rings. The largest absolute Gasteiger partial charge is 0.489 e. The number of hydrogen-bond donors (Lipinski definition) is 0. The van der Waals surface area contributed by atoms with Crippen molar-refractivity contribution in [2.45, 2.75) is 20.5 Å². The van der Waals surface area contributed by atoms with Gasteiger partial charge < -0.3 is 4.74 Å². The molecular formula is C18H19NO. The summed E-state index contributed by atoms with van der Waals surface area (Å²) in [5.74, 6) is 0.766. The van der Waals surface area contributed by atoms with Gasteiger partial charge in [-0.15, -0.1) is 0 Å². The SMILES string of the molecule is C=Cc1ccc(COc2ccc(C#N)cc2)cc1.CC. The molecule has 20 heavy (non-hydrogen) atoms. The van der Waals surface area contributed by atoms with Gasteiger partial charge in [0, 0.05) is 0 Å². The zero-order valence-corrected chi connectivity index (χ0v) is 12.0. The lowest BCUT2D eigenvalue weighted by Gasteiger charge is -2.06. The molecule has 0 unspecified atom stereocenters. The van der Waals surface area contributed by atoms with Gasteiger partial charge in [0.25, 0.3) is 0 Å². The van der Waals surface area contributed by atoms with E-state index in [-0.39, 0.29) is 0 Å². The van der Waals surface area contributed by atoms with E-state index in [1.54, 1.807) is 24.3 Å². The highest BCUT2D eigenvalue weighted by atomic mass is 16.5. The van der Waals surface area contributed by atoms with E-state index < -0.39 is 0 Å². The molecule has 0 atom stereocenters. The molecule has 102 valence electrons. The van der Waals surface area contributed by atoms with Gasteiger partial charge in [-0.3, -0.25) is 0 Å². The van der Waals surface area contributed by atoms with Gasteiger partial charge in [0.2, 0.25) is 0 Å². The van der Waals surface area contributed by atoms with Crippen LogP contribution in [0.2, 0.25) is 0 Å². The van der Waals surface area contributed by atoms with E-state index in [4.69, 9.17) is 10.00 Å². The van der Waals surface area contributed by atoms with Gasteiger partial charge in [-0.25, -0.2) is 0 Å². The lowest BCUT2D eigenvalue weighted by atomic mass is 10.1. The molecule has 0 fully saturated rings. The smallest absolute Gasteiger partial charge is 0.119 e. The van der Waals surface area contributed by atoms with Crippen molar-refractivity contribution in [2.24, 2.45) is 0 Å². The molecule has 2 heteroatoms. The van der Waals surface area contributed by atoms with Crippen LogP contribution in [0.15, 0.2) is 55.1 Å². The molecule has 2 aromatic carbocycles. The lowest BCUT2D eigenvalue weighted by molar-refractivity contribution is 0.306. The summed E-state index contributed by atoms with van der Waals surface area (Å²) in [5, 5.41) is 8.69. The Balaban J connectivity index is 0.000000956. The molecule has 0 aliphatic heterocycles. The monoisotopic (exact) mass is 265 g/mol. The maximum absolute atomic E-state index is 8.69. The quantitative estimate of drug-likeness (QED) is 0.795. The van der Waals surface area contributed by atoms with E-state index in [1.807, 2.05) is 44.2 Å². The molecule has 0 spiro atoms. The van der Waals surface area contributed by atoms with E-state index in [9.17, 15) is 0 Å². The van der Waals surface area contributed by atoms with Crippen LogP contribution < -0.4 is 4.74 Å². The third-order valence-electron chi connectivity index (χ3n) is 2.60. The molecule has 0 saturated heterocycles. The fourth-order valence-electron chi connectivity index (χ4n) is 1.54. The van der Waals surface area contributed by atoms with Crippen LogP contribution in [0.4, 0.5) is 0 Å². The molecule has 0 saturated carbocycles. The molecule has 0 heterocycles. The van der Waals surface area contributed by atoms with Crippen molar-refractivity contribution < 1.29 is 4.74 Å². The molecule has 0 N–H and O–H groups in total. The van der Waals surface area contributed by atoms with E-state index >= 15 is 0 Å². The zero-order valence-electron chi connectivity index (χ0n) is 12.0. The molecule has 0 amide bonds. The van der Waals surface area contributed by atoms with Gasteiger partial charge in [0.15, 0.2) is 0 Å². The maximum atomic E-state index is 8.69. The third kappa shape index (κ3) is 4.62. The second-order valence-corrected chi connectivity index (χ2v) is 3.87. The average Bonchev–Trinajstić information content (AvgIpc) is 2.55. The highest BCUT2D eigenvalue weighted by molar-refractivity contribution is 5.47. The molecule has 2 nitrogen and oxygen atoms in total. The Kier molecular flexibility index (Phi) is 6.64. The summed E-state index contributed by atoms with van der Waals surface area (Å²) in [4.78, 5) is 0. The second-order valence-electron chi connectivity index (χ2n) is 3.87. The second kappa shape index (κ2) is 8.55. The van der Waals surface area contributed by atoms with Crippen molar-refractivity contribution in [3.05, 3.63) is 71.8 Å². The molecule has 2 rings (SSSR count). The van der Waals surface area contributed by atoms with Crippen LogP contribution in [-0.2, 0) is 6.61 Å². The summed E-state index contributed by atoms with van der Waals surface area (Å²) in [6.45, 7) is 8.23. The number of nitrogens with zero attached hydrogens (tertiary/aromatic N) is 1. The first kappa shape index (κ1) is 15.5. The van der Waals surface area contributed by atoms with Gasteiger partial charge in [-0.1, -0.05) is 50.8 Å². The van der Waals surface area contributed by atoms with Crippen LogP contribution in [0.3, 0.4) is 0 Å². The molecule has 0 radical (unpaired) electrons. The topological polar surface area (TPSA) is 33.0 Å². The van der Waals surface area contributed by atoms with E-state index in [1.165, 1.54) is 0 Å². The van der Waals surface area contributed by atoms with Crippen LogP contribution >= 0.6 is 0 Å². The van der Waals surface area contributed by atoms with E-state index in [2.05, 4.69) is 12.6 Å². The first-order valence-electron chi connectivity index (χ1n) is 6.66. The number of benzene rings is 2. The van der Waals surface area contributed by atoms with Crippen molar-refractivity contribution in [1.82, 2.24) is 0 Å². The Labute approximate surface area is 121 Å². The number of hydrogen-bond acceptors (Lipinski definition) is 2. The molecule has 0 bridgehead atoms. The highest BCUT2D eigenvalue weighted by Gasteiger charge is 1.96. The summed E-state index contributed by atoms with van der Waals surface area (Å²) < 4.78 is 5.63. The van der Waals surface area contributed by atoms with Gasteiger partial charge in [0.1, 0.15) is 12.4 Å². The number of nitriles is 1. The minimum atomic E-state index is 0.517. The third-order valence-corrected chi connectivity index (χ3v) is 2.60. The summed E-state index contributed by atoms with van der Waals surface area (Å²) in [6, 6.07) is 17.2. The minimum absolute atomic E-state index is 0.517. The Bertz CT molecular complexity index is 562. The maximum Gasteiger partial charge on any atom is 0.119 e. The molecular weight excluding hydrogens is 246 g/mol. The summed E-state index contributed by atoms with van der Waals surface area (Å²) in [6.07, 6.45) is 1.81. The van der Waals surface area contributed by atoms with Crippen LogP contribution in [0.25, 0.3) is 6.08 Å². The predicted octanol–water partition coefficient (Wildman–Crippen LogP) is 4.81. The van der Waals surface area contributed by atoms with Gasteiger partial charge in [-0.2, -0.15) is 5.26 Å². The van der Waals surface area contributed by atoms with Crippen molar-refractivity contribution in [3.8, 4) is 11.8 Å². The normalized spacial score (nSPS) is 8.85. The van der Waals surface area contributed by atoms with Crippen LogP contribution in [0.1, 0.15) is 30.5 Å². The van der Waals surface area contributed by atoms with Crippen molar-refractivity contribution in [1.29, 1.82) is 5.26 Å². The lowest BCUT2D eigenvalue weighted by Crippen LogP contribution is -1.95. The van der Waals surface area contributed by atoms with Gasteiger partial charge >= 0.3 is 0 Å². The Morgan fingerprint density at radius 2 is 1.65 bits per heavy atom. The number of rotatable bonds is 4. The van der Waals surface area contributed by atoms with Crippen molar-refractivity contribution >= 4 is 6.08 Å². The summed E-state index contributed by atoms with van der Waals surface area (Å²) in [7, 11) is 0. The standard InChI is InChI=1S/C16H13NO.C2H6/c1-2-13-3-5-15(6-4-13)12-18-16-9-7-14(11-17)8-10-16;1-2/h2-10H,1,12H2;1-2H3. The van der Waals surface area contributed by atoms with Crippen molar-refractivity contribution in [2.75, 3.05) is 0 Å². The fourth-order valence-corrected chi connectivity index (χ4v) is 1.54. The molecule has 0 aliphatic carbocycles. The zero-order chi connectivity index (χ0) is 14.8. The van der Waals surface area contributed by atoms with Gasteiger partial charge in [0.05, 0.1) is 11.6 Å². The minimum Gasteiger partial charge on any atom is -0.489 e. The molecule has 2 aromatic rings. The Morgan fingerprint density at radius 1 is 1.05 bits per heavy atom. The van der Waals surface area contributed by atoms with Crippen LogP contribution in [0.5, 0.6) is 5.75 Å². The summed E-state index contributed by atoms with van der Waals surface area (Å²) in [5.41, 5.74) is 2.83. The van der Waals surface area contributed by atoms with Crippen LogP contribution in [0, 0.1) is 11.3 Å². The predicted molar refractivity (Wildman–Crippen MR) is 83.4 cm³/mol. The Hall–Kier alpha value is -2.53. The van der Waals surface area contributed by atoms with E-state index in [0.717, 1.165) is 16.9 Å². The van der Waals surface area contributed by atoms with Gasteiger partial charge in [-0.05, 0) is 35.4 Å².